The van der Waals surface area contributed by atoms with Crippen LogP contribution in [-0.4, -0.2) is 26.8 Å². The lowest BCUT2D eigenvalue weighted by atomic mass is 10.1. The van der Waals surface area contributed by atoms with Crippen molar-refractivity contribution >= 4 is 0 Å². The number of rotatable bonds is 3. The molecule has 5 nitrogen and oxygen atoms in total. The van der Waals surface area contributed by atoms with Gasteiger partial charge in [0.1, 0.15) is 6.33 Å². The molecule has 0 aliphatic heterocycles. The molecule has 90 valence electrons. The second-order valence-electron chi connectivity index (χ2n) is 4.13. The monoisotopic (exact) mass is 231 g/mol. The number of aryl methyl sites for hydroxylation is 1. The van der Waals surface area contributed by atoms with Gasteiger partial charge in [0, 0.05) is 29.1 Å². The Bertz CT molecular complexity index is 517. The van der Waals surface area contributed by atoms with Crippen LogP contribution in [-0.2, 0) is 0 Å². The molecular formula is C12H17N5. The van der Waals surface area contributed by atoms with Gasteiger partial charge in [-0.25, -0.2) is 14.6 Å². The quantitative estimate of drug-likeness (QED) is 0.871. The summed E-state index contributed by atoms with van der Waals surface area (Å²) >= 11 is 0. The molecule has 1 N–H and O–H groups in total. The van der Waals surface area contributed by atoms with Crippen LogP contribution in [0, 0.1) is 13.8 Å². The molecule has 1 atom stereocenters. The third kappa shape index (κ3) is 2.19. The summed E-state index contributed by atoms with van der Waals surface area (Å²) in [4.78, 5) is 8.33. The highest BCUT2D eigenvalue weighted by atomic mass is 15.3. The minimum atomic E-state index is 0.284. The molecule has 1 unspecified atom stereocenters. The van der Waals surface area contributed by atoms with Crippen LogP contribution in [0.1, 0.15) is 29.9 Å². The van der Waals surface area contributed by atoms with Crippen molar-refractivity contribution in [1.82, 2.24) is 25.1 Å². The zero-order valence-corrected chi connectivity index (χ0v) is 10.6. The number of aromatic nitrogens is 4. The van der Waals surface area contributed by atoms with Crippen LogP contribution in [0.5, 0.6) is 0 Å². The predicted octanol–water partition coefficient (Wildman–Crippen LogP) is 1.56. The lowest BCUT2D eigenvalue weighted by molar-refractivity contribution is 0.646. The molecule has 0 saturated carbocycles. The van der Waals surface area contributed by atoms with E-state index < -0.39 is 0 Å². The van der Waals surface area contributed by atoms with Crippen LogP contribution < -0.4 is 5.32 Å². The predicted molar refractivity (Wildman–Crippen MR) is 66.1 cm³/mol. The number of nitrogens with zero attached hydrogens (tertiary/aromatic N) is 4. The Balaban J connectivity index is 2.44. The zero-order valence-electron chi connectivity index (χ0n) is 10.6. The molecule has 17 heavy (non-hydrogen) atoms. The van der Waals surface area contributed by atoms with E-state index >= 15 is 0 Å². The van der Waals surface area contributed by atoms with Crippen molar-refractivity contribution in [3.05, 3.63) is 35.5 Å². The van der Waals surface area contributed by atoms with Crippen LogP contribution in [0.3, 0.4) is 0 Å². The van der Waals surface area contributed by atoms with Crippen LogP contribution in [0.25, 0.3) is 5.82 Å². The number of nitrogens with one attached hydrogen (secondary N) is 1. The van der Waals surface area contributed by atoms with E-state index in [9.17, 15) is 0 Å². The summed E-state index contributed by atoms with van der Waals surface area (Å²) in [5.41, 5.74) is 3.22. The van der Waals surface area contributed by atoms with E-state index in [4.69, 9.17) is 0 Å². The van der Waals surface area contributed by atoms with Crippen molar-refractivity contribution < 1.29 is 0 Å². The normalized spacial score (nSPS) is 12.7. The molecule has 0 spiro atoms. The van der Waals surface area contributed by atoms with Crippen LogP contribution in [0.2, 0.25) is 0 Å². The maximum atomic E-state index is 4.38. The van der Waals surface area contributed by atoms with Gasteiger partial charge in [0.05, 0.1) is 6.20 Å². The van der Waals surface area contributed by atoms with Gasteiger partial charge >= 0.3 is 0 Å². The summed E-state index contributed by atoms with van der Waals surface area (Å²) in [6, 6.07) is 2.21. The Labute approximate surface area is 101 Å². The largest absolute Gasteiger partial charge is 0.313 e. The van der Waals surface area contributed by atoms with E-state index in [0.717, 1.165) is 17.2 Å². The van der Waals surface area contributed by atoms with Crippen molar-refractivity contribution in [1.29, 1.82) is 0 Å². The molecule has 2 rings (SSSR count). The first-order chi connectivity index (χ1) is 8.13. The van der Waals surface area contributed by atoms with Crippen molar-refractivity contribution in [3.63, 3.8) is 0 Å². The Kier molecular flexibility index (Phi) is 3.19. The first kappa shape index (κ1) is 11.7. The number of hydrogen-bond acceptors (Lipinski definition) is 4. The Morgan fingerprint density at radius 3 is 2.71 bits per heavy atom. The van der Waals surface area contributed by atoms with Crippen LogP contribution >= 0.6 is 0 Å². The molecule has 0 amide bonds. The second-order valence-corrected chi connectivity index (χ2v) is 4.13. The summed E-state index contributed by atoms with van der Waals surface area (Å²) in [7, 11) is 1.94. The smallest absolute Gasteiger partial charge is 0.157 e. The fourth-order valence-corrected chi connectivity index (χ4v) is 1.79. The molecule has 0 aliphatic rings. The van der Waals surface area contributed by atoms with Gasteiger partial charge in [-0.2, -0.15) is 5.10 Å². The average Bonchev–Trinajstić information content (AvgIpc) is 2.70. The first-order valence-corrected chi connectivity index (χ1v) is 5.64. The third-order valence-electron chi connectivity index (χ3n) is 2.95. The van der Waals surface area contributed by atoms with Crippen molar-refractivity contribution in [2.24, 2.45) is 0 Å². The topological polar surface area (TPSA) is 55.6 Å². The van der Waals surface area contributed by atoms with Gasteiger partial charge in [-0.05, 0) is 27.8 Å². The molecular weight excluding hydrogens is 214 g/mol. The SMILES string of the molecule is CNC(C)c1cnn(-c2cc(C)ncn2)c1C. The maximum Gasteiger partial charge on any atom is 0.157 e. The summed E-state index contributed by atoms with van der Waals surface area (Å²) in [6.45, 7) is 6.11. The highest BCUT2D eigenvalue weighted by molar-refractivity contribution is 5.30. The molecule has 0 radical (unpaired) electrons. The summed E-state index contributed by atoms with van der Waals surface area (Å²) in [5, 5.41) is 7.59. The van der Waals surface area contributed by atoms with Gasteiger partial charge in [-0.3, -0.25) is 0 Å². The summed E-state index contributed by atoms with van der Waals surface area (Å²) < 4.78 is 1.85. The van der Waals surface area contributed by atoms with Gasteiger partial charge in [0.15, 0.2) is 5.82 Å². The third-order valence-corrected chi connectivity index (χ3v) is 2.95. The van der Waals surface area contributed by atoms with Gasteiger partial charge in [-0.15, -0.1) is 0 Å². The zero-order chi connectivity index (χ0) is 12.4. The first-order valence-electron chi connectivity index (χ1n) is 5.64. The summed E-state index contributed by atoms with van der Waals surface area (Å²) in [5.74, 6) is 0.810. The standard InChI is InChI=1S/C12H17N5/c1-8-5-12(15-7-14-8)17-10(3)11(6-16-17)9(2)13-4/h5-7,9,13H,1-4H3. The lowest BCUT2D eigenvalue weighted by Gasteiger charge is -2.10. The van der Waals surface area contributed by atoms with Gasteiger partial charge < -0.3 is 5.32 Å². The van der Waals surface area contributed by atoms with E-state index in [0.29, 0.717) is 0 Å². The van der Waals surface area contributed by atoms with Gasteiger partial charge in [-0.1, -0.05) is 0 Å². The molecule has 0 bridgehead atoms. The molecule has 5 heteroatoms. The van der Waals surface area contributed by atoms with Crippen molar-refractivity contribution in [2.75, 3.05) is 7.05 Å². The maximum absolute atomic E-state index is 4.38. The Hall–Kier alpha value is -1.75. The fraction of sp³-hybridized carbons (Fsp3) is 0.417. The van der Waals surface area contributed by atoms with Crippen molar-refractivity contribution in [2.45, 2.75) is 26.8 Å². The van der Waals surface area contributed by atoms with Crippen LogP contribution in [0.15, 0.2) is 18.6 Å². The molecule has 2 aromatic heterocycles. The number of hydrogen-bond donors (Lipinski definition) is 1. The Morgan fingerprint density at radius 1 is 1.29 bits per heavy atom. The van der Waals surface area contributed by atoms with E-state index in [1.807, 2.05) is 37.8 Å². The highest BCUT2D eigenvalue weighted by Crippen LogP contribution is 2.18. The Morgan fingerprint density at radius 2 is 2.06 bits per heavy atom. The second kappa shape index (κ2) is 4.63. The fourth-order valence-electron chi connectivity index (χ4n) is 1.79. The molecule has 0 saturated heterocycles. The van der Waals surface area contributed by atoms with Gasteiger partial charge in [0.2, 0.25) is 0 Å². The molecule has 0 fully saturated rings. The molecule has 0 aromatic carbocycles. The summed E-state index contributed by atoms with van der Waals surface area (Å²) in [6.07, 6.45) is 3.45. The minimum absolute atomic E-state index is 0.284. The van der Waals surface area contributed by atoms with Gasteiger partial charge in [0.25, 0.3) is 0 Å². The van der Waals surface area contributed by atoms with Crippen molar-refractivity contribution in [3.8, 4) is 5.82 Å². The van der Waals surface area contributed by atoms with E-state index in [2.05, 4.69) is 27.3 Å². The minimum Gasteiger partial charge on any atom is -0.313 e. The molecule has 0 aliphatic carbocycles. The van der Waals surface area contributed by atoms with Crippen LogP contribution in [0.4, 0.5) is 0 Å². The molecule has 2 heterocycles. The van der Waals surface area contributed by atoms with E-state index in [-0.39, 0.29) is 6.04 Å². The average molecular weight is 231 g/mol. The highest BCUT2D eigenvalue weighted by Gasteiger charge is 2.13. The lowest BCUT2D eigenvalue weighted by Crippen LogP contribution is -2.13. The van der Waals surface area contributed by atoms with E-state index in [1.54, 1.807) is 6.33 Å². The van der Waals surface area contributed by atoms with E-state index in [1.165, 1.54) is 5.56 Å². The molecule has 2 aromatic rings.